The molecule has 0 N–H and O–H groups in total. The molecule has 0 bridgehead atoms. The van der Waals surface area contributed by atoms with E-state index in [2.05, 4.69) is 168 Å². The number of hydrogen-bond acceptors (Lipinski definition) is 0. The molecule has 2 aliphatic carbocycles. The van der Waals surface area contributed by atoms with Crippen molar-refractivity contribution < 1.29 is 47.0 Å². The molecular weight excluding hydrogens is 860 g/mol. The average Bonchev–Trinajstić information content (AvgIpc) is 3.86. The van der Waals surface area contributed by atoms with Crippen LogP contribution in [0.4, 0.5) is 12.9 Å². The molecule has 7 aromatic rings. The maximum absolute atomic E-state index is 10.7. The average molecular weight is 931 g/mol. The number of aryl methyl sites for hydroxylation is 3. The second-order valence-electron chi connectivity index (χ2n) is 12.3. The summed E-state index contributed by atoms with van der Waals surface area (Å²) in [6.07, 6.45) is 4.40. The topological polar surface area (TPSA) is 0 Å². The van der Waals surface area contributed by atoms with Gasteiger partial charge in [0.2, 0.25) is 0 Å². The standard InChI is InChI=1S/C15H11.C13H10.3C7H8.2C2H6.CH4FP.CH3F.CH4.BF.Y/c1-2-11-12-7-3-5-9-14(12)15-10-6-4-8-13(11)15;1-3-7-12-10(5-1)9-11-6-2-4-8-13(11)12;3*1-7-5-3-2-4-6-7;2*1-2;1-3-2;1-2;;1-2;/h3-10H,1H3;1-8H,9H2;3*2-6H,1H3;2*1-2H3;3H,1H3;1H3;1H4;;/q-1;;;;;;;;;;;/i;;;;;;;3D;1D;;;. The van der Waals surface area contributed by atoms with Gasteiger partial charge in [0.1, 0.15) is 0 Å². The first kappa shape index (κ1) is 57.7. The Balaban J connectivity index is -0.000000696. The van der Waals surface area contributed by atoms with Gasteiger partial charge in [-0.05, 0) is 56.1 Å². The van der Waals surface area contributed by atoms with E-state index in [9.17, 15) is 8.59 Å². The molecule has 0 fully saturated rings. The third-order valence-corrected chi connectivity index (χ3v) is 8.46. The number of allylic oxidation sites excluding steroid dienone is 1. The zero-order valence-corrected chi connectivity index (χ0v) is 41.3. The van der Waals surface area contributed by atoms with Crippen molar-refractivity contribution in [3.05, 3.63) is 233 Å². The summed E-state index contributed by atoms with van der Waals surface area (Å²) in [6.45, 7) is 17.5. The predicted octanol–water partition coefficient (Wildman–Crippen LogP) is 17.7. The smallest absolute Gasteiger partial charge is 0.350 e. The van der Waals surface area contributed by atoms with E-state index in [4.69, 9.17) is 6.96 Å². The fraction of sp³-hybridized carbons (Fsp3) is 0.214. The van der Waals surface area contributed by atoms with Crippen LogP contribution in [0.1, 0.15) is 82.4 Å². The Bertz CT molecular complexity index is 1990. The molecule has 2 aliphatic rings. The molecular formula is C56H68BF3PY-. The van der Waals surface area contributed by atoms with Gasteiger partial charge in [-0.25, -0.2) is 10.3 Å². The maximum atomic E-state index is 10.7. The van der Waals surface area contributed by atoms with E-state index >= 15 is 0 Å². The van der Waals surface area contributed by atoms with E-state index < -0.39 is 16.0 Å². The van der Waals surface area contributed by atoms with Crippen LogP contribution in [0.3, 0.4) is 0 Å². The van der Waals surface area contributed by atoms with Gasteiger partial charge in [0, 0.05) is 32.7 Å². The molecule has 0 saturated heterocycles. The zero-order valence-electron chi connectivity index (χ0n) is 39.5. The normalized spacial score (nSPS) is 10.1. The van der Waals surface area contributed by atoms with Crippen LogP contribution in [-0.4, -0.2) is 23.2 Å². The summed E-state index contributed by atoms with van der Waals surface area (Å²) in [4.78, 5) is 0. The van der Waals surface area contributed by atoms with Crippen molar-refractivity contribution in [2.45, 2.75) is 69.2 Å². The Morgan fingerprint density at radius 1 is 0.484 bits per heavy atom. The molecule has 325 valence electrons. The van der Waals surface area contributed by atoms with Crippen LogP contribution in [0.2, 0.25) is 0 Å². The van der Waals surface area contributed by atoms with Gasteiger partial charge in [0.15, 0.2) is 0 Å². The van der Waals surface area contributed by atoms with Crippen LogP contribution in [0.5, 0.6) is 0 Å². The molecule has 0 aromatic heterocycles. The zero-order chi connectivity index (χ0) is 46.5. The number of alkyl halides is 1. The van der Waals surface area contributed by atoms with Crippen molar-refractivity contribution in [2.75, 3.05) is 13.8 Å². The van der Waals surface area contributed by atoms with Crippen LogP contribution < -0.4 is 0 Å². The summed E-state index contributed by atoms with van der Waals surface area (Å²) >= 11 is 0. The van der Waals surface area contributed by atoms with Crippen LogP contribution in [0, 0.1) is 26.8 Å². The number of rotatable bonds is 0. The molecule has 0 heterocycles. The van der Waals surface area contributed by atoms with Crippen molar-refractivity contribution in [3.63, 3.8) is 0 Å². The monoisotopic (exact) mass is 930 g/mol. The number of fused-ring (bicyclic) bond motifs is 6. The maximum Gasteiger partial charge on any atom is 0.350 e. The molecule has 0 amide bonds. The van der Waals surface area contributed by atoms with Crippen molar-refractivity contribution >= 4 is 22.5 Å². The first-order chi connectivity index (χ1) is 30.2. The van der Waals surface area contributed by atoms with E-state index in [0.717, 1.165) is 6.42 Å². The van der Waals surface area contributed by atoms with E-state index in [1.807, 2.05) is 89.2 Å². The summed E-state index contributed by atoms with van der Waals surface area (Å²) in [5, 5.41) is 0. The molecule has 3 radical (unpaired) electrons. The molecule has 7 aromatic carbocycles. The van der Waals surface area contributed by atoms with Crippen LogP contribution in [0.25, 0.3) is 27.8 Å². The van der Waals surface area contributed by atoms with Gasteiger partial charge in [-0.3, -0.25) is 4.39 Å². The van der Waals surface area contributed by atoms with Crippen molar-refractivity contribution in [1.82, 2.24) is 0 Å². The second-order valence-corrected chi connectivity index (χ2v) is 12.7. The minimum Gasteiger partial charge on any atom is -0.350 e. The number of halogens is 3. The Labute approximate surface area is 406 Å². The van der Waals surface area contributed by atoms with Crippen molar-refractivity contribution in [3.8, 4) is 22.3 Å². The van der Waals surface area contributed by atoms with Crippen molar-refractivity contribution in [2.24, 2.45) is 0 Å². The molecule has 6 heteroatoms. The second kappa shape index (κ2) is 40.7. The van der Waals surface area contributed by atoms with Crippen molar-refractivity contribution in [1.29, 1.82) is 1.28 Å². The number of hydrogen-bond donors (Lipinski definition) is 0. The van der Waals surface area contributed by atoms with E-state index in [0.29, 0.717) is 0 Å². The molecule has 1 atom stereocenters. The molecule has 0 aliphatic heterocycles. The molecule has 9 rings (SSSR count). The minimum atomic E-state index is -1.87. The Morgan fingerprint density at radius 3 is 0.919 bits per heavy atom. The SMILES string of the molecule is C.CC.CC.C[C-]=C1c2ccccc2-c2ccccc21.Cc1ccccc1.Cc1ccccc1.Cc1ccccc1.[2H]CF.[2H]P(C)F.[B]F.[Y].c1ccc2c(c1)Cc1ccccc1-2. The third-order valence-electron chi connectivity index (χ3n) is 8.46. The van der Waals surface area contributed by atoms with Crippen LogP contribution >= 0.6 is 8.84 Å². The van der Waals surface area contributed by atoms with Gasteiger partial charge in [-0.1, -0.05) is 246 Å². The molecule has 0 saturated carbocycles. The van der Waals surface area contributed by atoms with Gasteiger partial charge >= 0.3 is 8.12 Å². The first-order valence-corrected chi connectivity index (χ1v) is 21.3. The molecule has 1 unspecified atom stereocenters. The van der Waals surface area contributed by atoms with Gasteiger partial charge in [0.25, 0.3) is 0 Å². The fourth-order valence-corrected chi connectivity index (χ4v) is 5.97. The van der Waals surface area contributed by atoms with Gasteiger partial charge < -0.3 is 4.32 Å². The van der Waals surface area contributed by atoms with E-state index in [1.54, 1.807) is 0 Å². The largest absolute Gasteiger partial charge is 0.350 e. The number of benzene rings is 7. The predicted molar refractivity (Wildman–Crippen MR) is 270 cm³/mol. The Kier molecular flexibility index (Phi) is 37.9. The quantitative estimate of drug-likeness (QED) is 0.0807. The van der Waals surface area contributed by atoms with Gasteiger partial charge in [-0.2, -0.15) is 5.57 Å². The molecule has 62 heavy (non-hydrogen) atoms. The summed E-state index contributed by atoms with van der Waals surface area (Å²) in [5.74, 6) is 0. The summed E-state index contributed by atoms with van der Waals surface area (Å²) in [7, 11) is 0.130. The third kappa shape index (κ3) is 22.7. The summed E-state index contributed by atoms with van der Waals surface area (Å²) in [5.41, 5.74) is 16.2. The Hall–Kier alpha value is -4.33. The minimum absolute atomic E-state index is 0. The fourth-order valence-electron chi connectivity index (χ4n) is 5.97. The van der Waals surface area contributed by atoms with Gasteiger partial charge in [0.05, 0.1) is 18.6 Å². The summed E-state index contributed by atoms with van der Waals surface area (Å²) in [6, 6.07) is 65.1. The van der Waals surface area contributed by atoms with Crippen LogP contribution in [-0.2, 0) is 39.1 Å². The van der Waals surface area contributed by atoms with E-state index in [-0.39, 0.29) is 40.1 Å². The van der Waals surface area contributed by atoms with Crippen LogP contribution in [0.15, 0.2) is 188 Å². The first-order valence-electron chi connectivity index (χ1n) is 21.3. The van der Waals surface area contributed by atoms with Gasteiger partial charge in [-0.15, -0.1) is 23.3 Å². The molecule has 0 spiro atoms. The summed E-state index contributed by atoms with van der Waals surface area (Å²) < 4.78 is 41.2. The van der Waals surface area contributed by atoms with E-state index in [1.165, 1.54) is 73.4 Å². The molecule has 0 nitrogen and oxygen atoms in total. The Morgan fingerprint density at radius 2 is 0.694 bits per heavy atom.